The van der Waals surface area contributed by atoms with Crippen LogP contribution in [0, 0.1) is 5.82 Å². The fraction of sp³-hybridized carbons (Fsp3) is 0.429. The van der Waals surface area contributed by atoms with Gasteiger partial charge < -0.3 is 5.32 Å². The molecule has 3 rings (SSSR count). The molecule has 1 N–H and O–H groups in total. The topological polar surface area (TPSA) is 48.5 Å². The molecule has 1 aromatic heterocycles. The van der Waals surface area contributed by atoms with Crippen LogP contribution in [0.2, 0.25) is 0 Å². The summed E-state index contributed by atoms with van der Waals surface area (Å²) in [5, 5.41) is 3.00. The summed E-state index contributed by atoms with van der Waals surface area (Å²) in [6.45, 7) is 7.00. The number of rotatable bonds is 7. The van der Waals surface area contributed by atoms with Gasteiger partial charge in [-0.3, -0.25) is 19.6 Å². The molecule has 0 saturated carbocycles. The van der Waals surface area contributed by atoms with E-state index in [2.05, 4.69) is 20.1 Å². The first-order valence-electron chi connectivity index (χ1n) is 9.50. The maximum absolute atomic E-state index is 12.9. The summed E-state index contributed by atoms with van der Waals surface area (Å²) in [6, 6.07) is 12.2. The molecular weight excluding hydrogens is 343 g/mol. The van der Waals surface area contributed by atoms with Gasteiger partial charge in [0.2, 0.25) is 5.91 Å². The van der Waals surface area contributed by atoms with Crippen molar-refractivity contribution in [3.8, 4) is 0 Å². The van der Waals surface area contributed by atoms with Crippen LogP contribution >= 0.6 is 0 Å². The third kappa shape index (κ3) is 5.84. The van der Waals surface area contributed by atoms with E-state index >= 15 is 0 Å². The average Bonchev–Trinajstić information content (AvgIpc) is 2.70. The average molecular weight is 370 g/mol. The lowest BCUT2D eigenvalue weighted by molar-refractivity contribution is -0.126. The molecule has 6 heteroatoms. The van der Waals surface area contributed by atoms with Crippen LogP contribution in [0.15, 0.2) is 48.7 Å². The molecule has 27 heavy (non-hydrogen) atoms. The lowest BCUT2D eigenvalue weighted by Crippen LogP contribution is -2.53. The third-order valence-electron chi connectivity index (χ3n) is 5.07. The molecule has 1 unspecified atom stereocenters. The number of pyridine rings is 1. The van der Waals surface area contributed by atoms with Gasteiger partial charge in [-0.15, -0.1) is 0 Å². The van der Waals surface area contributed by atoms with Crippen LogP contribution < -0.4 is 5.32 Å². The molecule has 1 aromatic carbocycles. The van der Waals surface area contributed by atoms with Gasteiger partial charge in [0.25, 0.3) is 0 Å². The van der Waals surface area contributed by atoms with Crippen LogP contribution in [0.3, 0.4) is 0 Å². The molecule has 1 amide bonds. The molecule has 1 atom stereocenters. The second-order valence-electron chi connectivity index (χ2n) is 6.98. The minimum atomic E-state index is -0.237. The first-order chi connectivity index (χ1) is 13.1. The Labute approximate surface area is 160 Å². The Morgan fingerprint density at radius 1 is 1.15 bits per heavy atom. The number of hydrogen-bond donors (Lipinski definition) is 1. The molecule has 2 heterocycles. The van der Waals surface area contributed by atoms with Gasteiger partial charge in [-0.25, -0.2) is 4.39 Å². The summed E-state index contributed by atoms with van der Waals surface area (Å²) in [5.41, 5.74) is 2.10. The quantitative estimate of drug-likeness (QED) is 0.811. The van der Waals surface area contributed by atoms with Crippen molar-refractivity contribution in [1.29, 1.82) is 0 Å². The van der Waals surface area contributed by atoms with Crippen molar-refractivity contribution in [1.82, 2.24) is 20.1 Å². The fourth-order valence-electron chi connectivity index (χ4n) is 3.32. The highest BCUT2D eigenvalue weighted by molar-refractivity contribution is 5.81. The van der Waals surface area contributed by atoms with E-state index in [1.165, 1.54) is 12.1 Å². The fourth-order valence-corrected chi connectivity index (χ4v) is 3.32. The molecule has 2 aromatic rings. The van der Waals surface area contributed by atoms with Crippen molar-refractivity contribution >= 4 is 5.91 Å². The number of aromatic nitrogens is 1. The molecule has 0 radical (unpaired) electrons. The van der Waals surface area contributed by atoms with Gasteiger partial charge >= 0.3 is 0 Å². The van der Waals surface area contributed by atoms with Crippen LogP contribution in [0.25, 0.3) is 0 Å². The number of carbonyl (C=O) groups is 1. The second-order valence-corrected chi connectivity index (χ2v) is 6.98. The smallest absolute Gasteiger partial charge is 0.237 e. The summed E-state index contributed by atoms with van der Waals surface area (Å²) in [6.07, 6.45) is 2.53. The Morgan fingerprint density at radius 2 is 1.89 bits per heavy atom. The lowest BCUT2D eigenvalue weighted by Gasteiger charge is -2.37. The summed E-state index contributed by atoms with van der Waals surface area (Å²) in [5.74, 6) is -0.186. The van der Waals surface area contributed by atoms with E-state index in [0.717, 1.165) is 44.0 Å². The van der Waals surface area contributed by atoms with Gasteiger partial charge in [0.1, 0.15) is 5.82 Å². The van der Waals surface area contributed by atoms with Gasteiger partial charge in [0.15, 0.2) is 0 Å². The zero-order valence-corrected chi connectivity index (χ0v) is 15.8. The lowest BCUT2D eigenvalue weighted by atomic mass is 10.1. The molecule has 1 aliphatic heterocycles. The van der Waals surface area contributed by atoms with Crippen LogP contribution in [0.1, 0.15) is 18.2 Å². The van der Waals surface area contributed by atoms with E-state index in [1.807, 2.05) is 31.3 Å². The van der Waals surface area contributed by atoms with Crippen LogP contribution in [-0.4, -0.2) is 59.5 Å². The summed E-state index contributed by atoms with van der Waals surface area (Å²) < 4.78 is 12.9. The zero-order valence-electron chi connectivity index (χ0n) is 15.8. The summed E-state index contributed by atoms with van der Waals surface area (Å²) >= 11 is 0. The molecule has 5 nitrogen and oxygen atoms in total. The van der Waals surface area contributed by atoms with Crippen LogP contribution in [0.4, 0.5) is 4.39 Å². The van der Waals surface area contributed by atoms with Gasteiger partial charge in [0, 0.05) is 45.5 Å². The Hall–Kier alpha value is -2.31. The SMILES string of the molecule is CC(C(=O)NCCc1ccc(F)cc1)N1CCN(Cc2ccccn2)CC1. The van der Waals surface area contributed by atoms with Crippen LogP contribution in [0.5, 0.6) is 0 Å². The predicted molar refractivity (Wildman–Crippen MR) is 104 cm³/mol. The number of halogens is 1. The minimum Gasteiger partial charge on any atom is -0.354 e. The van der Waals surface area contributed by atoms with Gasteiger partial charge in [-0.1, -0.05) is 18.2 Å². The highest BCUT2D eigenvalue weighted by atomic mass is 19.1. The Bertz CT molecular complexity index is 715. The van der Waals surface area contributed by atoms with E-state index in [1.54, 1.807) is 12.1 Å². The number of carbonyl (C=O) groups excluding carboxylic acids is 1. The minimum absolute atomic E-state index is 0.0512. The van der Waals surface area contributed by atoms with E-state index in [-0.39, 0.29) is 17.8 Å². The van der Waals surface area contributed by atoms with Crippen molar-refractivity contribution in [3.63, 3.8) is 0 Å². The molecule has 1 aliphatic rings. The number of nitrogens with one attached hydrogen (secondary N) is 1. The van der Waals surface area contributed by atoms with Crippen molar-refractivity contribution in [2.45, 2.75) is 25.9 Å². The summed E-state index contributed by atoms with van der Waals surface area (Å²) in [4.78, 5) is 21.4. The second kappa shape index (κ2) is 9.58. The Balaban J connectivity index is 1.38. The largest absolute Gasteiger partial charge is 0.354 e. The predicted octanol–water partition coefficient (Wildman–Crippen LogP) is 2.09. The normalized spacial score (nSPS) is 16.8. The Kier molecular flexibility index (Phi) is 6.90. The molecule has 1 saturated heterocycles. The van der Waals surface area contributed by atoms with Gasteiger partial charge in [-0.05, 0) is 43.2 Å². The molecule has 144 valence electrons. The monoisotopic (exact) mass is 370 g/mol. The number of piperazine rings is 1. The summed E-state index contributed by atoms with van der Waals surface area (Å²) in [7, 11) is 0. The Morgan fingerprint density at radius 3 is 2.56 bits per heavy atom. The van der Waals surface area contributed by atoms with E-state index < -0.39 is 0 Å². The van der Waals surface area contributed by atoms with E-state index in [4.69, 9.17) is 0 Å². The van der Waals surface area contributed by atoms with Gasteiger partial charge in [0.05, 0.1) is 11.7 Å². The third-order valence-corrected chi connectivity index (χ3v) is 5.07. The van der Waals surface area contributed by atoms with Crippen LogP contribution in [-0.2, 0) is 17.8 Å². The van der Waals surface area contributed by atoms with Crippen molar-refractivity contribution in [3.05, 3.63) is 65.7 Å². The van der Waals surface area contributed by atoms with E-state index in [0.29, 0.717) is 13.0 Å². The maximum atomic E-state index is 12.9. The molecule has 1 fully saturated rings. The van der Waals surface area contributed by atoms with Crippen molar-refractivity contribution < 1.29 is 9.18 Å². The number of amides is 1. The molecule has 0 spiro atoms. The first kappa shape index (κ1) is 19.5. The number of benzene rings is 1. The first-order valence-corrected chi connectivity index (χ1v) is 9.50. The standard InChI is InChI=1S/C21H27FN4O/c1-17(21(27)24-11-9-18-5-7-19(22)8-6-18)26-14-12-25(13-15-26)16-20-4-2-3-10-23-20/h2-8,10,17H,9,11-16H2,1H3,(H,24,27). The molecule has 0 bridgehead atoms. The highest BCUT2D eigenvalue weighted by Crippen LogP contribution is 2.10. The maximum Gasteiger partial charge on any atom is 0.237 e. The van der Waals surface area contributed by atoms with Crippen molar-refractivity contribution in [2.75, 3.05) is 32.7 Å². The molecule has 0 aliphatic carbocycles. The number of hydrogen-bond acceptors (Lipinski definition) is 4. The zero-order chi connectivity index (χ0) is 19.1. The van der Waals surface area contributed by atoms with Gasteiger partial charge in [-0.2, -0.15) is 0 Å². The number of nitrogens with zero attached hydrogens (tertiary/aromatic N) is 3. The van der Waals surface area contributed by atoms with Crippen molar-refractivity contribution in [2.24, 2.45) is 0 Å². The highest BCUT2D eigenvalue weighted by Gasteiger charge is 2.25. The molecular formula is C21H27FN4O. The van der Waals surface area contributed by atoms with E-state index in [9.17, 15) is 9.18 Å².